The summed E-state index contributed by atoms with van der Waals surface area (Å²) in [5.74, 6) is 0. The van der Waals surface area contributed by atoms with Crippen molar-refractivity contribution in [2.75, 3.05) is 4.72 Å². The highest BCUT2D eigenvalue weighted by Crippen LogP contribution is 2.20. The molecule has 0 saturated heterocycles. The molecule has 1 aromatic carbocycles. The number of imidazole rings is 1. The van der Waals surface area contributed by atoms with Gasteiger partial charge in [-0.3, -0.25) is 4.72 Å². The summed E-state index contributed by atoms with van der Waals surface area (Å²) in [6, 6.07) is 8.01. The van der Waals surface area contributed by atoms with Crippen LogP contribution in [0.4, 0.5) is 5.69 Å². The number of nitrogens with zero attached hydrogens (tertiary/aromatic N) is 1. The van der Waals surface area contributed by atoms with Crippen molar-refractivity contribution in [3.63, 3.8) is 0 Å². The molecule has 0 unspecified atom stereocenters. The average Bonchev–Trinajstić information content (AvgIpc) is 3.06. The molecule has 1 heterocycles. The van der Waals surface area contributed by atoms with E-state index < -0.39 is 10.0 Å². The second kappa shape index (κ2) is 5.26. The molecule has 0 radical (unpaired) electrons. The Hall–Kier alpha value is -1.86. The van der Waals surface area contributed by atoms with Crippen molar-refractivity contribution < 1.29 is 8.42 Å². The number of H-pyrrole nitrogens is 1. The van der Waals surface area contributed by atoms with E-state index in [1.807, 2.05) is 18.2 Å². The fraction of sp³-hybridized carbons (Fsp3) is 0.308. The van der Waals surface area contributed by atoms with Gasteiger partial charge in [0.25, 0.3) is 10.0 Å². The molecule has 1 aromatic heterocycles. The van der Waals surface area contributed by atoms with Gasteiger partial charge < -0.3 is 10.3 Å². The van der Waals surface area contributed by atoms with Gasteiger partial charge in [-0.1, -0.05) is 12.1 Å². The number of hydrogen-bond donors (Lipinski definition) is 3. The lowest BCUT2D eigenvalue weighted by molar-refractivity contribution is 0.598. The van der Waals surface area contributed by atoms with Crippen molar-refractivity contribution >= 4 is 15.7 Å². The minimum Gasteiger partial charge on any atom is -0.334 e. The maximum absolute atomic E-state index is 12.1. The molecular formula is C13H16N4O2S. The number of anilines is 1. The van der Waals surface area contributed by atoms with E-state index in [9.17, 15) is 8.42 Å². The zero-order valence-electron chi connectivity index (χ0n) is 10.8. The van der Waals surface area contributed by atoms with Gasteiger partial charge in [-0.15, -0.1) is 0 Å². The number of sulfonamides is 1. The standard InChI is InChI=1S/C13H16N4O2S/c18-20(19,13-8-14-9-16-13)17-12-3-1-2-10(6-12)7-15-11-4-5-11/h1-3,6,8-9,11,15,17H,4-5,7H2,(H,14,16). The minimum atomic E-state index is -3.59. The Morgan fingerprint density at radius 2 is 2.20 bits per heavy atom. The van der Waals surface area contributed by atoms with Crippen molar-refractivity contribution in [3.8, 4) is 0 Å². The Labute approximate surface area is 117 Å². The third-order valence-corrected chi connectivity index (χ3v) is 4.42. The van der Waals surface area contributed by atoms with E-state index in [0.717, 1.165) is 12.1 Å². The fourth-order valence-corrected chi connectivity index (χ4v) is 2.85. The molecule has 1 fully saturated rings. The smallest absolute Gasteiger partial charge is 0.278 e. The van der Waals surface area contributed by atoms with Crippen molar-refractivity contribution in [1.82, 2.24) is 15.3 Å². The van der Waals surface area contributed by atoms with Gasteiger partial charge in [0.2, 0.25) is 0 Å². The summed E-state index contributed by atoms with van der Waals surface area (Å²) >= 11 is 0. The zero-order chi connectivity index (χ0) is 14.0. The van der Waals surface area contributed by atoms with Gasteiger partial charge in [0.1, 0.15) is 0 Å². The Kier molecular flexibility index (Phi) is 3.45. The summed E-state index contributed by atoms with van der Waals surface area (Å²) < 4.78 is 26.6. The second-order valence-corrected chi connectivity index (χ2v) is 6.53. The molecule has 0 bridgehead atoms. The topological polar surface area (TPSA) is 86.9 Å². The molecule has 0 spiro atoms. The van der Waals surface area contributed by atoms with Crippen molar-refractivity contribution in [2.45, 2.75) is 30.5 Å². The first-order chi connectivity index (χ1) is 9.63. The Morgan fingerprint density at radius 1 is 1.35 bits per heavy atom. The minimum absolute atomic E-state index is 0.0546. The molecule has 0 aliphatic heterocycles. The summed E-state index contributed by atoms with van der Waals surface area (Å²) in [7, 11) is -3.59. The molecule has 1 aliphatic rings. The molecule has 6 nitrogen and oxygen atoms in total. The number of aromatic amines is 1. The van der Waals surface area contributed by atoms with E-state index in [1.54, 1.807) is 6.07 Å². The number of rotatable bonds is 6. The summed E-state index contributed by atoms with van der Waals surface area (Å²) in [5.41, 5.74) is 1.61. The van der Waals surface area contributed by atoms with Gasteiger partial charge in [0.15, 0.2) is 5.03 Å². The molecular weight excluding hydrogens is 276 g/mol. The Morgan fingerprint density at radius 3 is 2.90 bits per heavy atom. The molecule has 7 heteroatoms. The lowest BCUT2D eigenvalue weighted by Gasteiger charge is -2.08. The van der Waals surface area contributed by atoms with E-state index in [0.29, 0.717) is 11.7 Å². The van der Waals surface area contributed by atoms with E-state index >= 15 is 0 Å². The zero-order valence-corrected chi connectivity index (χ0v) is 11.7. The maximum Gasteiger partial charge on any atom is 0.278 e. The summed E-state index contributed by atoms with van der Waals surface area (Å²) in [4.78, 5) is 6.31. The van der Waals surface area contributed by atoms with Gasteiger partial charge >= 0.3 is 0 Å². The number of benzene rings is 1. The van der Waals surface area contributed by atoms with E-state index in [-0.39, 0.29) is 5.03 Å². The van der Waals surface area contributed by atoms with Crippen LogP contribution < -0.4 is 10.0 Å². The normalized spacial score (nSPS) is 15.2. The molecule has 0 amide bonds. The van der Waals surface area contributed by atoms with Crippen LogP contribution in [-0.2, 0) is 16.6 Å². The van der Waals surface area contributed by atoms with Crippen LogP contribution in [0.2, 0.25) is 0 Å². The van der Waals surface area contributed by atoms with Gasteiger partial charge in [-0.25, -0.2) is 4.98 Å². The molecule has 3 N–H and O–H groups in total. The Balaban J connectivity index is 1.71. The highest BCUT2D eigenvalue weighted by molar-refractivity contribution is 7.92. The maximum atomic E-state index is 12.1. The SMILES string of the molecule is O=S(=O)(Nc1cccc(CNC2CC2)c1)c1cnc[nH]1. The molecule has 106 valence electrons. The van der Waals surface area contributed by atoms with Gasteiger partial charge in [0.05, 0.1) is 12.5 Å². The van der Waals surface area contributed by atoms with E-state index in [4.69, 9.17) is 0 Å². The second-order valence-electron chi connectivity index (χ2n) is 4.88. The Bertz CT molecular complexity index is 678. The van der Waals surface area contributed by atoms with Crippen LogP contribution in [0, 0.1) is 0 Å². The highest BCUT2D eigenvalue weighted by atomic mass is 32.2. The molecule has 1 aliphatic carbocycles. The van der Waals surface area contributed by atoms with Gasteiger partial charge in [-0.2, -0.15) is 8.42 Å². The van der Waals surface area contributed by atoms with Crippen molar-refractivity contribution in [3.05, 3.63) is 42.4 Å². The van der Waals surface area contributed by atoms with Crippen LogP contribution in [0.5, 0.6) is 0 Å². The van der Waals surface area contributed by atoms with Crippen molar-refractivity contribution in [1.29, 1.82) is 0 Å². The van der Waals surface area contributed by atoms with E-state index in [2.05, 4.69) is 20.0 Å². The third-order valence-electron chi connectivity index (χ3n) is 3.11. The summed E-state index contributed by atoms with van der Waals surface area (Å²) in [6.45, 7) is 0.754. The van der Waals surface area contributed by atoms with Crippen LogP contribution >= 0.6 is 0 Å². The van der Waals surface area contributed by atoms with Crippen LogP contribution in [0.3, 0.4) is 0 Å². The van der Waals surface area contributed by atoms with Crippen LogP contribution in [0.15, 0.2) is 41.8 Å². The molecule has 1 saturated carbocycles. The van der Waals surface area contributed by atoms with Crippen LogP contribution in [-0.4, -0.2) is 24.4 Å². The predicted molar refractivity (Wildman–Crippen MR) is 75.7 cm³/mol. The van der Waals surface area contributed by atoms with E-state index in [1.165, 1.54) is 25.4 Å². The molecule has 2 aromatic rings. The number of nitrogens with one attached hydrogen (secondary N) is 3. The predicted octanol–water partition coefficient (Wildman–Crippen LogP) is 1.46. The first kappa shape index (κ1) is 13.1. The first-order valence-electron chi connectivity index (χ1n) is 6.47. The quantitative estimate of drug-likeness (QED) is 0.752. The monoisotopic (exact) mass is 292 g/mol. The summed E-state index contributed by atoms with van der Waals surface area (Å²) in [6.07, 6.45) is 5.07. The molecule has 0 atom stereocenters. The summed E-state index contributed by atoms with van der Waals surface area (Å²) in [5, 5.41) is 3.45. The average molecular weight is 292 g/mol. The third kappa shape index (κ3) is 3.17. The van der Waals surface area contributed by atoms with Crippen LogP contribution in [0.1, 0.15) is 18.4 Å². The van der Waals surface area contributed by atoms with Crippen LogP contribution in [0.25, 0.3) is 0 Å². The molecule has 20 heavy (non-hydrogen) atoms. The molecule has 3 rings (SSSR count). The lowest BCUT2D eigenvalue weighted by Crippen LogP contribution is -2.16. The number of aromatic nitrogens is 2. The van der Waals surface area contributed by atoms with Gasteiger partial charge in [-0.05, 0) is 30.5 Å². The first-order valence-corrected chi connectivity index (χ1v) is 7.95. The van der Waals surface area contributed by atoms with Crippen molar-refractivity contribution in [2.24, 2.45) is 0 Å². The van der Waals surface area contributed by atoms with Gasteiger partial charge in [0, 0.05) is 18.3 Å². The largest absolute Gasteiger partial charge is 0.334 e. The fourth-order valence-electron chi connectivity index (χ4n) is 1.89. The lowest BCUT2D eigenvalue weighted by atomic mass is 10.2. The highest BCUT2D eigenvalue weighted by Gasteiger charge is 2.20. The number of hydrogen-bond acceptors (Lipinski definition) is 4.